The lowest BCUT2D eigenvalue weighted by Gasteiger charge is -2.49. The van der Waals surface area contributed by atoms with Crippen molar-refractivity contribution in [2.75, 3.05) is 23.0 Å². The van der Waals surface area contributed by atoms with Gasteiger partial charge in [0.1, 0.15) is 0 Å². The van der Waals surface area contributed by atoms with Crippen molar-refractivity contribution in [3.05, 3.63) is 58.7 Å². The Labute approximate surface area is 244 Å². The number of benzene rings is 2. The van der Waals surface area contributed by atoms with E-state index in [9.17, 15) is 48.7 Å². The molecule has 17 heteroatoms. The van der Waals surface area contributed by atoms with Gasteiger partial charge in [-0.1, -0.05) is 18.2 Å². The van der Waals surface area contributed by atoms with Gasteiger partial charge < -0.3 is 10.2 Å². The summed E-state index contributed by atoms with van der Waals surface area (Å²) in [5, 5.41) is 19.6. The first-order valence-corrected chi connectivity index (χ1v) is 19.4. The second-order valence-electron chi connectivity index (χ2n) is 11.1. The number of fused-ring (bicyclic) bond motifs is 2. The summed E-state index contributed by atoms with van der Waals surface area (Å²) in [5.41, 5.74) is 0.334. The molecule has 0 bridgehead atoms. The second-order valence-corrected chi connectivity index (χ2v) is 19.0. The maximum Gasteiger partial charge on any atom is 0.335 e. The number of carboxylic acids is 1. The summed E-state index contributed by atoms with van der Waals surface area (Å²) in [6.45, 7) is 4.36. The molecular formula is C25H30N2O11S4. The molecule has 0 saturated carbocycles. The molecule has 3 aliphatic heterocycles. The van der Waals surface area contributed by atoms with Gasteiger partial charge in [-0.3, -0.25) is 0 Å². The fourth-order valence-corrected chi connectivity index (χ4v) is 14.7. The number of hydrogen-bond donors (Lipinski definition) is 2. The fourth-order valence-electron chi connectivity index (χ4n) is 6.19. The molecule has 3 saturated heterocycles. The number of carbonyl (C=O) groups is 1. The van der Waals surface area contributed by atoms with E-state index < -0.39 is 104 Å². The highest BCUT2D eigenvalue weighted by Crippen LogP contribution is 2.44. The van der Waals surface area contributed by atoms with Gasteiger partial charge in [-0.05, 0) is 55.7 Å². The molecule has 3 heterocycles. The van der Waals surface area contributed by atoms with Crippen LogP contribution < -0.4 is 0 Å². The maximum absolute atomic E-state index is 14.3. The van der Waals surface area contributed by atoms with E-state index in [1.54, 1.807) is 0 Å². The molecule has 42 heavy (non-hydrogen) atoms. The molecule has 0 radical (unpaired) electrons. The largest absolute Gasteiger partial charge is 0.478 e. The van der Waals surface area contributed by atoms with Crippen molar-refractivity contribution in [2.24, 2.45) is 0 Å². The predicted octanol–water partition coefficient (Wildman–Crippen LogP) is 0.0813. The minimum Gasteiger partial charge on any atom is -0.478 e. The van der Waals surface area contributed by atoms with Gasteiger partial charge in [0, 0.05) is 0 Å². The maximum atomic E-state index is 14.3. The highest BCUT2D eigenvalue weighted by Gasteiger charge is 2.64. The van der Waals surface area contributed by atoms with Gasteiger partial charge in [0.2, 0.25) is 20.0 Å². The van der Waals surface area contributed by atoms with E-state index in [0.29, 0.717) is 0 Å². The van der Waals surface area contributed by atoms with Crippen LogP contribution >= 0.6 is 0 Å². The molecule has 2 aromatic rings. The second kappa shape index (κ2) is 10.1. The van der Waals surface area contributed by atoms with E-state index in [1.165, 1.54) is 51.1 Å². The van der Waals surface area contributed by atoms with Crippen LogP contribution in [0.5, 0.6) is 0 Å². The van der Waals surface area contributed by atoms with E-state index in [1.807, 2.05) is 0 Å². The number of hydrogen-bond acceptors (Lipinski definition) is 10. The SMILES string of the molecule is Cc1ccc(C(=O)O)cc1S(=O)(=O)N1[C@@H]2CS(=O)(=O)C[C@@H]2N(S(=O)(=O)c2cc([C@H](C)O)ccc2C)[C@H]2CS(=O)(=O)C[C@@H]21. The molecule has 2 N–H and O–H groups in total. The van der Waals surface area contributed by atoms with Crippen LogP contribution in [0.1, 0.15) is 40.1 Å². The molecule has 0 unspecified atom stereocenters. The van der Waals surface area contributed by atoms with Crippen LogP contribution in [0.4, 0.5) is 0 Å². The Kier molecular flexibility index (Phi) is 7.44. The van der Waals surface area contributed by atoms with Crippen molar-refractivity contribution in [3.8, 4) is 0 Å². The standard InChI is InChI=1S/C25H30N2O11S4/c1-14-4-6-17(16(3)28)8-23(14)41(35,36)26-19-10-39(31,32)12-21(19)27(22-13-40(33,34)11-20(22)26)42(37,38)24-9-18(25(29)30)7-5-15(24)2/h4-9,16,19-22,28H,10-13H2,1-3H3,(H,29,30)/t16-,19-,20-,21-,22+/m0/s1. The van der Waals surface area contributed by atoms with Crippen LogP contribution in [-0.4, -0.2) is 106 Å². The third-order valence-corrected chi connectivity index (χ3v) is 15.7. The lowest BCUT2D eigenvalue weighted by atomic mass is 10.0. The zero-order valence-electron chi connectivity index (χ0n) is 22.8. The van der Waals surface area contributed by atoms with E-state index in [4.69, 9.17) is 0 Å². The molecule has 13 nitrogen and oxygen atoms in total. The minimum atomic E-state index is -4.73. The van der Waals surface area contributed by atoms with Gasteiger partial charge in [0.25, 0.3) is 0 Å². The lowest BCUT2D eigenvalue weighted by Crippen LogP contribution is -2.70. The summed E-state index contributed by atoms with van der Waals surface area (Å²) >= 11 is 0. The third kappa shape index (κ3) is 5.07. The number of rotatable bonds is 6. The van der Waals surface area contributed by atoms with E-state index in [-0.39, 0.29) is 27.1 Å². The molecule has 3 fully saturated rings. The first-order chi connectivity index (χ1) is 19.3. The molecule has 5 rings (SSSR count). The summed E-state index contributed by atoms with van der Waals surface area (Å²) < 4.78 is 111. The van der Waals surface area contributed by atoms with Crippen molar-refractivity contribution in [1.29, 1.82) is 0 Å². The average molecular weight is 663 g/mol. The average Bonchev–Trinajstić information content (AvgIpc) is 3.34. The molecule has 0 aliphatic carbocycles. The first kappa shape index (κ1) is 31.0. The number of sulfonamides is 2. The van der Waals surface area contributed by atoms with Crippen molar-refractivity contribution < 1.29 is 48.7 Å². The summed E-state index contributed by atoms with van der Waals surface area (Å²) in [7, 11) is -17.4. The molecule has 0 aromatic heterocycles. The minimum absolute atomic E-state index is 0.149. The van der Waals surface area contributed by atoms with Crippen molar-refractivity contribution in [3.63, 3.8) is 0 Å². The van der Waals surface area contributed by atoms with E-state index in [0.717, 1.165) is 14.7 Å². The Morgan fingerprint density at radius 2 is 1.14 bits per heavy atom. The number of carboxylic acid groups (broad SMARTS) is 1. The Balaban J connectivity index is 1.74. The number of sulfone groups is 2. The summed E-state index contributed by atoms with van der Waals surface area (Å²) in [6.07, 6.45) is -1.04. The molecule has 5 atom stereocenters. The predicted molar refractivity (Wildman–Crippen MR) is 150 cm³/mol. The van der Waals surface area contributed by atoms with Gasteiger partial charge in [0.05, 0.1) is 68.6 Å². The Bertz CT molecular complexity index is 1870. The molecule has 0 spiro atoms. The highest BCUT2D eigenvalue weighted by atomic mass is 32.2. The normalized spacial score (nSPS) is 28.2. The van der Waals surface area contributed by atoms with Crippen LogP contribution in [0, 0.1) is 13.8 Å². The van der Waals surface area contributed by atoms with Crippen LogP contribution in [-0.2, 0) is 39.7 Å². The van der Waals surface area contributed by atoms with E-state index >= 15 is 0 Å². The van der Waals surface area contributed by atoms with Crippen molar-refractivity contribution in [2.45, 2.75) is 60.8 Å². The third-order valence-electron chi connectivity index (χ3n) is 8.14. The number of aromatic carboxylic acids is 1. The summed E-state index contributed by atoms with van der Waals surface area (Å²) in [5.74, 6) is -4.39. The van der Waals surface area contributed by atoms with Crippen molar-refractivity contribution >= 4 is 45.7 Å². The summed E-state index contributed by atoms with van der Waals surface area (Å²) in [6, 6.07) is 1.80. The highest BCUT2D eigenvalue weighted by molar-refractivity contribution is 7.93. The van der Waals surface area contributed by atoms with Crippen LogP contribution in [0.15, 0.2) is 46.2 Å². The number of aliphatic hydroxyl groups is 1. The fraction of sp³-hybridized carbons (Fsp3) is 0.480. The Morgan fingerprint density at radius 3 is 1.52 bits per heavy atom. The number of nitrogens with zero attached hydrogens (tertiary/aromatic N) is 2. The van der Waals surface area contributed by atoms with E-state index in [2.05, 4.69) is 0 Å². The van der Waals surface area contributed by atoms with Gasteiger partial charge in [-0.25, -0.2) is 38.5 Å². The molecular weight excluding hydrogens is 633 g/mol. The zero-order chi connectivity index (χ0) is 31.2. The van der Waals surface area contributed by atoms with Gasteiger partial charge in [-0.15, -0.1) is 0 Å². The number of piperazine rings is 1. The van der Waals surface area contributed by atoms with Crippen molar-refractivity contribution in [1.82, 2.24) is 8.61 Å². The van der Waals surface area contributed by atoms with Crippen LogP contribution in [0.25, 0.3) is 0 Å². The topological polar surface area (TPSA) is 201 Å². The van der Waals surface area contributed by atoms with Crippen LogP contribution in [0.2, 0.25) is 0 Å². The quantitative estimate of drug-likeness (QED) is 0.424. The van der Waals surface area contributed by atoms with Gasteiger partial charge in [-0.2, -0.15) is 8.61 Å². The smallest absolute Gasteiger partial charge is 0.335 e. The molecule has 0 amide bonds. The molecule has 2 aromatic carbocycles. The van der Waals surface area contributed by atoms with Gasteiger partial charge in [0.15, 0.2) is 19.7 Å². The molecule has 230 valence electrons. The Hall–Kier alpha value is -2.41. The van der Waals surface area contributed by atoms with Crippen LogP contribution in [0.3, 0.4) is 0 Å². The summed E-state index contributed by atoms with van der Waals surface area (Å²) in [4.78, 5) is 10.9. The first-order valence-electron chi connectivity index (χ1n) is 12.9. The Morgan fingerprint density at radius 1 is 0.762 bits per heavy atom. The number of aryl methyl sites for hydroxylation is 2. The zero-order valence-corrected chi connectivity index (χ0v) is 26.0. The monoisotopic (exact) mass is 662 g/mol. The lowest BCUT2D eigenvalue weighted by molar-refractivity contribution is 0.0696. The van der Waals surface area contributed by atoms with Gasteiger partial charge >= 0.3 is 5.97 Å². The molecule has 3 aliphatic rings. The number of aliphatic hydroxyl groups excluding tert-OH is 1.